The molecule has 0 radical (unpaired) electrons. The Balaban J connectivity index is 3.65. The van der Waals surface area contributed by atoms with Gasteiger partial charge in [-0.15, -0.1) is 0 Å². The summed E-state index contributed by atoms with van der Waals surface area (Å²) in [5.41, 5.74) is -1.49. The molecular formula is C11H7BrF3NO. The van der Waals surface area contributed by atoms with Crippen molar-refractivity contribution in [2.24, 2.45) is 0 Å². The van der Waals surface area contributed by atoms with Gasteiger partial charge in [-0.25, -0.2) is 0 Å². The fourth-order valence-corrected chi connectivity index (χ4v) is 1.72. The average molecular weight is 306 g/mol. The lowest BCUT2D eigenvalue weighted by Crippen LogP contribution is -2.16. The normalized spacial score (nSPS) is 11.1. The molecule has 0 unspecified atom stereocenters. The van der Waals surface area contributed by atoms with E-state index >= 15 is 0 Å². The zero-order chi connectivity index (χ0) is 13.2. The summed E-state index contributed by atoms with van der Waals surface area (Å²) in [5, 5.41) is 8.59. The first-order chi connectivity index (χ1) is 7.82. The zero-order valence-corrected chi connectivity index (χ0v) is 10.3. The van der Waals surface area contributed by atoms with Crippen molar-refractivity contribution < 1.29 is 18.0 Å². The van der Waals surface area contributed by atoms with Crippen molar-refractivity contribution >= 4 is 21.7 Å². The molecule has 6 heteroatoms. The molecule has 0 amide bonds. The third-order valence-corrected chi connectivity index (χ3v) is 2.74. The third kappa shape index (κ3) is 2.67. The summed E-state index contributed by atoms with van der Waals surface area (Å²) in [6.07, 6.45) is -4.65. The molecule has 0 bridgehead atoms. The molecule has 0 aliphatic heterocycles. The van der Waals surface area contributed by atoms with Crippen molar-refractivity contribution in [3.63, 3.8) is 0 Å². The molecule has 1 aromatic carbocycles. The van der Waals surface area contributed by atoms with Gasteiger partial charge >= 0.3 is 6.18 Å². The highest BCUT2D eigenvalue weighted by molar-refractivity contribution is 9.09. The Bertz CT molecular complexity index is 503. The summed E-state index contributed by atoms with van der Waals surface area (Å²) in [4.78, 5) is 11.5. The second-order valence-corrected chi connectivity index (χ2v) is 3.91. The van der Waals surface area contributed by atoms with E-state index in [1.165, 1.54) is 13.0 Å². The molecule has 0 aliphatic rings. The fourth-order valence-electron chi connectivity index (χ4n) is 1.44. The van der Waals surface area contributed by atoms with Crippen molar-refractivity contribution in [3.8, 4) is 6.07 Å². The first-order valence-corrected chi connectivity index (χ1v) is 5.65. The number of benzene rings is 1. The van der Waals surface area contributed by atoms with Gasteiger partial charge in [-0.2, -0.15) is 18.4 Å². The molecule has 1 aromatic rings. The zero-order valence-electron chi connectivity index (χ0n) is 8.73. The standard InChI is InChI=1S/C11H7BrF3NO/c1-6-2-3-8(11(13,14)15)10(7(6)5-16)9(17)4-12/h2-3H,4H2,1H3. The van der Waals surface area contributed by atoms with Crippen LogP contribution in [0.15, 0.2) is 12.1 Å². The molecule has 0 aliphatic carbocycles. The van der Waals surface area contributed by atoms with Gasteiger partial charge in [0.25, 0.3) is 0 Å². The molecule has 0 saturated carbocycles. The van der Waals surface area contributed by atoms with Crippen LogP contribution in [0.4, 0.5) is 13.2 Å². The van der Waals surface area contributed by atoms with E-state index in [0.29, 0.717) is 5.56 Å². The largest absolute Gasteiger partial charge is 0.417 e. The minimum absolute atomic E-state index is 0.218. The minimum atomic E-state index is -4.65. The molecule has 1 rings (SSSR count). The number of aryl methyl sites for hydroxylation is 1. The Kier molecular flexibility index (Phi) is 3.94. The number of nitrogens with zero attached hydrogens (tertiary/aromatic N) is 1. The Hall–Kier alpha value is -1.35. The quantitative estimate of drug-likeness (QED) is 0.620. The van der Waals surface area contributed by atoms with Crippen LogP contribution in [-0.2, 0) is 6.18 Å². The minimum Gasteiger partial charge on any atom is -0.293 e. The molecule has 0 fully saturated rings. The second kappa shape index (κ2) is 4.88. The fraction of sp³-hybridized carbons (Fsp3) is 0.273. The molecular weight excluding hydrogens is 299 g/mol. The van der Waals surface area contributed by atoms with Crippen LogP contribution in [0.2, 0.25) is 0 Å². The SMILES string of the molecule is Cc1ccc(C(F)(F)F)c(C(=O)CBr)c1C#N. The maximum Gasteiger partial charge on any atom is 0.417 e. The van der Waals surface area contributed by atoms with Crippen molar-refractivity contribution in [1.29, 1.82) is 5.26 Å². The van der Waals surface area contributed by atoms with Crippen LogP contribution in [0.5, 0.6) is 0 Å². The summed E-state index contributed by atoms with van der Waals surface area (Å²) in [7, 11) is 0. The molecule has 0 spiro atoms. The molecule has 2 nitrogen and oxygen atoms in total. The van der Waals surface area contributed by atoms with Gasteiger partial charge in [-0.1, -0.05) is 22.0 Å². The number of alkyl halides is 4. The third-order valence-electron chi connectivity index (χ3n) is 2.23. The first-order valence-electron chi connectivity index (χ1n) is 4.53. The summed E-state index contributed by atoms with van der Waals surface area (Å²) < 4.78 is 38.1. The van der Waals surface area contributed by atoms with Crippen LogP contribution >= 0.6 is 15.9 Å². The van der Waals surface area contributed by atoms with Crippen molar-refractivity contribution in [2.75, 3.05) is 5.33 Å². The van der Waals surface area contributed by atoms with Gasteiger partial charge in [0.2, 0.25) is 0 Å². The maximum absolute atomic E-state index is 12.7. The molecule has 0 N–H and O–H groups in total. The Morgan fingerprint density at radius 3 is 2.47 bits per heavy atom. The van der Waals surface area contributed by atoms with Gasteiger partial charge < -0.3 is 0 Å². The van der Waals surface area contributed by atoms with Crippen molar-refractivity contribution in [2.45, 2.75) is 13.1 Å². The maximum atomic E-state index is 12.7. The van der Waals surface area contributed by atoms with E-state index in [4.69, 9.17) is 5.26 Å². The Morgan fingerprint density at radius 1 is 1.47 bits per heavy atom. The van der Waals surface area contributed by atoms with E-state index in [-0.39, 0.29) is 10.9 Å². The number of hydrogen-bond donors (Lipinski definition) is 0. The number of Topliss-reactive ketones (excluding diaryl/α,β-unsaturated/α-hetero) is 1. The number of ketones is 1. The number of carbonyl (C=O) groups is 1. The lowest BCUT2D eigenvalue weighted by atomic mass is 9.94. The molecule has 90 valence electrons. The number of rotatable bonds is 2. The Morgan fingerprint density at radius 2 is 2.06 bits per heavy atom. The van der Waals surface area contributed by atoms with Crippen LogP contribution in [0.1, 0.15) is 27.0 Å². The molecule has 0 saturated heterocycles. The van der Waals surface area contributed by atoms with Gasteiger partial charge in [0.15, 0.2) is 5.78 Å². The highest BCUT2D eigenvalue weighted by Crippen LogP contribution is 2.34. The van der Waals surface area contributed by atoms with E-state index in [0.717, 1.165) is 6.07 Å². The smallest absolute Gasteiger partial charge is 0.293 e. The number of nitriles is 1. The van der Waals surface area contributed by atoms with Gasteiger partial charge in [0.05, 0.1) is 16.5 Å². The summed E-state index contributed by atoms with van der Waals surface area (Å²) in [5.74, 6) is -0.752. The molecule has 17 heavy (non-hydrogen) atoms. The molecule has 0 heterocycles. The summed E-state index contributed by atoms with van der Waals surface area (Å²) >= 11 is 2.81. The second-order valence-electron chi connectivity index (χ2n) is 3.35. The number of halogens is 4. The van der Waals surface area contributed by atoms with Crippen LogP contribution < -0.4 is 0 Å². The first kappa shape index (κ1) is 13.7. The van der Waals surface area contributed by atoms with E-state index in [9.17, 15) is 18.0 Å². The molecule has 0 atom stereocenters. The van der Waals surface area contributed by atoms with Gasteiger partial charge in [0.1, 0.15) is 6.07 Å². The van der Waals surface area contributed by atoms with E-state index in [1.54, 1.807) is 6.07 Å². The predicted octanol–water partition coefficient (Wildman–Crippen LogP) is 3.46. The Labute approximate surface area is 104 Å². The number of hydrogen-bond acceptors (Lipinski definition) is 2. The monoisotopic (exact) mass is 305 g/mol. The topological polar surface area (TPSA) is 40.9 Å². The summed E-state index contributed by atoms with van der Waals surface area (Å²) in [6, 6.07) is 3.66. The number of carbonyl (C=O) groups excluding carboxylic acids is 1. The van der Waals surface area contributed by atoms with Gasteiger partial charge in [-0.05, 0) is 18.6 Å². The van der Waals surface area contributed by atoms with Crippen molar-refractivity contribution in [1.82, 2.24) is 0 Å². The lowest BCUT2D eigenvalue weighted by Gasteiger charge is -2.14. The highest BCUT2D eigenvalue weighted by Gasteiger charge is 2.36. The van der Waals surface area contributed by atoms with E-state index < -0.39 is 23.1 Å². The van der Waals surface area contributed by atoms with Crippen LogP contribution in [0.25, 0.3) is 0 Å². The van der Waals surface area contributed by atoms with Crippen LogP contribution in [-0.4, -0.2) is 11.1 Å². The lowest BCUT2D eigenvalue weighted by molar-refractivity contribution is -0.137. The average Bonchev–Trinajstić information content (AvgIpc) is 2.25. The van der Waals surface area contributed by atoms with Gasteiger partial charge in [0, 0.05) is 5.56 Å². The van der Waals surface area contributed by atoms with Crippen LogP contribution in [0.3, 0.4) is 0 Å². The predicted molar refractivity (Wildman–Crippen MR) is 59.0 cm³/mol. The summed E-state index contributed by atoms with van der Waals surface area (Å²) in [6.45, 7) is 1.49. The highest BCUT2D eigenvalue weighted by atomic mass is 79.9. The van der Waals surface area contributed by atoms with E-state index in [1.807, 2.05) is 0 Å². The van der Waals surface area contributed by atoms with Crippen molar-refractivity contribution in [3.05, 3.63) is 34.4 Å². The van der Waals surface area contributed by atoms with Crippen LogP contribution in [0, 0.1) is 18.3 Å². The van der Waals surface area contributed by atoms with E-state index in [2.05, 4.69) is 15.9 Å². The van der Waals surface area contributed by atoms with Gasteiger partial charge in [-0.3, -0.25) is 4.79 Å². The molecule has 0 aromatic heterocycles.